The minimum atomic E-state index is -0.179. The van der Waals surface area contributed by atoms with Crippen molar-refractivity contribution in [2.24, 2.45) is 5.92 Å². The number of hydrogen-bond acceptors (Lipinski definition) is 3. The van der Waals surface area contributed by atoms with Crippen LogP contribution in [0.25, 0.3) is 0 Å². The Hall–Kier alpha value is -1.56. The number of urea groups is 1. The molecule has 21 heavy (non-hydrogen) atoms. The Balaban J connectivity index is 1.48. The van der Waals surface area contributed by atoms with Crippen molar-refractivity contribution in [3.8, 4) is 0 Å². The van der Waals surface area contributed by atoms with E-state index in [9.17, 15) is 9.59 Å². The maximum absolute atomic E-state index is 11.8. The number of carbonyl (C=O) groups excluding carboxylic acids is 2. The Morgan fingerprint density at radius 3 is 2.52 bits per heavy atom. The molecule has 1 heterocycles. The van der Waals surface area contributed by atoms with Gasteiger partial charge in [-0.1, -0.05) is 18.9 Å². The van der Waals surface area contributed by atoms with Crippen molar-refractivity contribution in [1.82, 2.24) is 16.0 Å². The maximum atomic E-state index is 11.8. The van der Waals surface area contributed by atoms with E-state index in [-0.39, 0.29) is 17.9 Å². The van der Waals surface area contributed by atoms with E-state index < -0.39 is 0 Å². The van der Waals surface area contributed by atoms with Crippen molar-refractivity contribution in [2.75, 3.05) is 19.6 Å². The summed E-state index contributed by atoms with van der Waals surface area (Å²) >= 11 is 1.69. The summed E-state index contributed by atoms with van der Waals surface area (Å²) in [7, 11) is 0. The van der Waals surface area contributed by atoms with E-state index in [0.717, 1.165) is 32.1 Å². The average Bonchev–Trinajstić information content (AvgIpc) is 3.16. The SMILES string of the molecule is O=C(NCCNC(=O)C1CCCC1)NCCc1cccs1. The number of amides is 3. The molecule has 5 nitrogen and oxygen atoms in total. The minimum Gasteiger partial charge on any atom is -0.354 e. The molecule has 2 rings (SSSR count). The van der Waals surface area contributed by atoms with Gasteiger partial charge in [-0.15, -0.1) is 11.3 Å². The molecule has 116 valence electrons. The lowest BCUT2D eigenvalue weighted by Crippen LogP contribution is -2.41. The fourth-order valence-electron chi connectivity index (χ4n) is 2.51. The molecule has 0 atom stereocenters. The second-order valence-corrected chi connectivity index (χ2v) is 6.32. The van der Waals surface area contributed by atoms with E-state index in [0.29, 0.717) is 19.6 Å². The quantitative estimate of drug-likeness (QED) is 0.673. The Morgan fingerprint density at radius 2 is 1.81 bits per heavy atom. The molecule has 6 heteroatoms. The summed E-state index contributed by atoms with van der Waals surface area (Å²) in [4.78, 5) is 24.6. The fraction of sp³-hybridized carbons (Fsp3) is 0.600. The first-order valence-electron chi connectivity index (χ1n) is 7.57. The van der Waals surface area contributed by atoms with Crippen molar-refractivity contribution in [1.29, 1.82) is 0 Å². The molecule has 0 saturated heterocycles. The first-order valence-corrected chi connectivity index (χ1v) is 8.45. The first-order chi connectivity index (χ1) is 10.3. The van der Waals surface area contributed by atoms with E-state index in [1.54, 1.807) is 11.3 Å². The number of thiophene rings is 1. The predicted octanol–water partition coefficient (Wildman–Crippen LogP) is 1.90. The van der Waals surface area contributed by atoms with Crippen molar-refractivity contribution < 1.29 is 9.59 Å². The van der Waals surface area contributed by atoms with Gasteiger partial charge < -0.3 is 16.0 Å². The van der Waals surface area contributed by atoms with Crippen molar-refractivity contribution >= 4 is 23.3 Å². The highest BCUT2D eigenvalue weighted by Gasteiger charge is 2.21. The molecule has 0 aromatic carbocycles. The Morgan fingerprint density at radius 1 is 1.10 bits per heavy atom. The van der Waals surface area contributed by atoms with Gasteiger partial charge in [0.25, 0.3) is 0 Å². The highest BCUT2D eigenvalue weighted by atomic mass is 32.1. The van der Waals surface area contributed by atoms with Crippen LogP contribution >= 0.6 is 11.3 Å². The van der Waals surface area contributed by atoms with Crippen molar-refractivity contribution in [3.05, 3.63) is 22.4 Å². The highest BCUT2D eigenvalue weighted by molar-refractivity contribution is 7.09. The molecule has 1 aromatic rings. The van der Waals surface area contributed by atoms with Gasteiger partial charge in [0.2, 0.25) is 5.91 Å². The molecule has 1 saturated carbocycles. The van der Waals surface area contributed by atoms with E-state index >= 15 is 0 Å². The molecule has 3 amide bonds. The summed E-state index contributed by atoms with van der Waals surface area (Å²) in [6.45, 7) is 1.58. The van der Waals surface area contributed by atoms with Crippen molar-refractivity contribution in [2.45, 2.75) is 32.1 Å². The number of nitrogens with one attached hydrogen (secondary N) is 3. The van der Waals surface area contributed by atoms with Gasteiger partial charge in [0.1, 0.15) is 0 Å². The zero-order chi connectivity index (χ0) is 14.9. The third kappa shape index (κ3) is 5.75. The van der Waals surface area contributed by atoms with Crippen LogP contribution in [-0.2, 0) is 11.2 Å². The standard InChI is InChI=1S/C15H23N3O2S/c19-14(12-4-1-2-5-12)16-9-10-18-15(20)17-8-7-13-6-3-11-21-13/h3,6,11-12H,1-2,4-5,7-10H2,(H,16,19)(H2,17,18,20). The molecule has 0 unspecified atom stereocenters. The molecule has 1 fully saturated rings. The van der Waals surface area contributed by atoms with Crippen LogP contribution in [0, 0.1) is 5.92 Å². The maximum Gasteiger partial charge on any atom is 0.314 e. The lowest BCUT2D eigenvalue weighted by Gasteiger charge is -2.11. The van der Waals surface area contributed by atoms with Gasteiger partial charge in [-0.3, -0.25) is 4.79 Å². The monoisotopic (exact) mass is 309 g/mol. The molecule has 0 aliphatic heterocycles. The van der Waals surface area contributed by atoms with Crippen LogP contribution in [0.3, 0.4) is 0 Å². The summed E-state index contributed by atoms with van der Waals surface area (Å²) in [5.41, 5.74) is 0. The molecule has 1 aromatic heterocycles. The summed E-state index contributed by atoms with van der Waals surface area (Å²) in [6.07, 6.45) is 5.17. The van der Waals surface area contributed by atoms with Gasteiger partial charge >= 0.3 is 6.03 Å². The Kier molecular flexibility index (Phi) is 6.53. The molecule has 0 radical (unpaired) electrons. The molecular formula is C15H23N3O2S. The second kappa shape index (κ2) is 8.67. The van der Waals surface area contributed by atoms with Crippen LogP contribution in [0.2, 0.25) is 0 Å². The molecular weight excluding hydrogens is 286 g/mol. The lowest BCUT2D eigenvalue weighted by molar-refractivity contribution is -0.124. The predicted molar refractivity (Wildman–Crippen MR) is 84.4 cm³/mol. The second-order valence-electron chi connectivity index (χ2n) is 5.28. The normalized spacial score (nSPS) is 14.9. The number of hydrogen-bond donors (Lipinski definition) is 3. The van der Waals surface area contributed by atoms with E-state index in [2.05, 4.69) is 22.0 Å². The topological polar surface area (TPSA) is 70.2 Å². The molecule has 0 spiro atoms. The van der Waals surface area contributed by atoms with Gasteiger partial charge in [-0.2, -0.15) is 0 Å². The minimum absolute atomic E-state index is 0.132. The average molecular weight is 309 g/mol. The van der Waals surface area contributed by atoms with Crippen molar-refractivity contribution in [3.63, 3.8) is 0 Å². The van der Waals surface area contributed by atoms with Gasteiger partial charge in [0.05, 0.1) is 0 Å². The summed E-state index contributed by atoms with van der Waals surface area (Å²) in [5, 5.41) is 10.5. The summed E-state index contributed by atoms with van der Waals surface area (Å²) < 4.78 is 0. The van der Waals surface area contributed by atoms with Crippen LogP contribution in [0.5, 0.6) is 0 Å². The third-order valence-electron chi connectivity index (χ3n) is 3.67. The zero-order valence-corrected chi connectivity index (χ0v) is 13.0. The van der Waals surface area contributed by atoms with Crippen LogP contribution in [0.1, 0.15) is 30.6 Å². The van der Waals surface area contributed by atoms with E-state index in [1.165, 1.54) is 4.88 Å². The lowest BCUT2D eigenvalue weighted by atomic mass is 10.1. The van der Waals surface area contributed by atoms with Crippen LogP contribution < -0.4 is 16.0 Å². The van der Waals surface area contributed by atoms with Crippen LogP contribution in [-0.4, -0.2) is 31.6 Å². The van der Waals surface area contributed by atoms with Crippen LogP contribution in [0.4, 0.5) is 4.79 Å². The molecule has 0 bridgehead atoms. The molecule has 1 aliphatic carbocycles. The third-order valence-corrected chi connectivity index (χ3v) is 4.61. The number of rotatable bonds is 7. The first kappa shape index (κ1) is 15.8. The fourth-order valence-corrected chi connectivity index (χ4v) is 3.22. The van der Waals surface area contributed by atoms with Crippen LogP contribution in [0.15, 0.2) is 17.5 Å². The number of carbonyl (C=O) groups is 2. The molecule has 1 aliphatic rings. The zero-order valence-electron chi connectivity index (χ0n) is 12.2. The summed E-state index contributed by atoms with van der Waals surface area (Å²) in [6, 6.07) is 3.89. The smallest absolute Gasteiger partial charge is 0.314 e. The van der Waals surface area contributed by atoms with Gasteiger partial charge in [-0.05, 0) is 30.7 Å². The largest absolute Gasteiger partial charge is 0.354 e. The van der Waals surface area contributed by atoms with Gasteiger partial charge in [-0.25, -0.2) is 4.79 Å². The van der Waals surface area contributed by atoms with Gasteiger partial charge in [0, 0.05) is 30.4 Å². The van der Waals surface area contributed by atoms with E-state index in [4.69, 9.17) is 0 Å². The Bertz CT molecular complexity index is 442. The summed E-state index contributed by atoms with van der Waals surface area (Å²) in [5.74, 6) is 0.317. The Labute approximate surface area is 129 Å². The molecule has 3 N–H and O–H groups in total. The highest BCUT2D eigenvalue weighted by Crippen LogP contribution is 2.24. The van der Waals surface area contributed by atoms with Gasteiger partial charge in [0.15, 0.2) is 0 Å². The van der Waals surface area contributed by atoms with E-state index in [1.807, 2.05) is 11.4 Å².